The van der Waals surface area contributed by atoms with E-state index >= 15 is 0 Å². The minimum atomic E-state index is 0.427. The first-order valence-corrected chi connectivity index (χ1v) is 6.12. The van der Waals surface area contributed by atoms with Crippen molar-refractivity contribution in [3.05, 3.63) is 21.3 Å². The van der Waals surface area contributed by atoms with Gasteiger partial charge in [-0.1, -0.05) is 18.5 Å². The molecule has 1 fully saturated rings. The largest absolute Gasteiger partial charge is 0.379 e. The lowest BCUT2D eigenvalue weighted by atomic mass is 10.0. The standard InChI is InChI=1S/C10H14ClNOS/c1-2-12-9-6-13-5-7(9)10-8(11)3-4-14-10/h3-4,7,9,12H,2,5-6H2,1H3. The summed E-state index contributed by atoms with van der Waals surface area (Å²) in [6.07, 6.45) is 0. The van der Waals surface area contributed by atoms with Crippen molar-refractivity contribution in [1.82, 2.24) is 5.32 Å². The lowest BCUT2D eigenvalue weighted by molar-refractivity contribution is 0.188. The fraction of sp³-hybridized carbons (Fsp3) is 0.600. The Labute approximate surface area is 93.2 Å². The van der Waals surface area contributed by atoms with Gasteiger partial charge in [0.1, 0.15) is 0 Å². The second kappa shape index (κ2) is 4.62. The van der Waals surface area contributed by atoms with Crippen LogP contribution in [0, 0.1) is 0 Å². The van der Waals surface area contributed by atoms with E-state index in [1.165, 1.54) is 4.88 Å². The van der Waals surface area contributed by atoms with E-state index in [9.17, 15) is 0 Å². The van der Waals surface area contributed by atoms with Crippen LogP contribution in [0.5, 0.6) is 0 Å². The summed E-state index contributed by atoms with van der Waals surface area (Å²) in [6, 6.07) is 2.39. The molecule has 1 aromatic rings. The number of likely N-dealkylation sites (N-methyl/N-ethyl adjacent to an activating group) is 1. The van der Waals surface area contributed by atoms with E-state index in [0.717, 1.165) is 24.8 Å². The number of ether oxygens (including phenoxy) is 1. The predicted octanol–water partition coefficient (Wildman–Crippen LogP) is 2.49. The zero-order valence-corrected chi connectivity index (χ0v) is 9.70. The molecule has 0 amide bonds. The van der Waals surface area contributed by atoms with Crippen LogP contribution in [0.1, 0.15) is 17.7 Å². The summed E-state index contributed by atoms with van der Waals surface area (Å²) in [4.78, 5) is 1.26. The van der Waals surface area contributed by atoms with Gasteiger partial charge in [0.15, 0.2) is 0 Å². The van der Waals surface area contributed by atoms with Gasteiger partial charge in [-0.2, -0.15) is 0 Å². The summed E-state index contributed by atoms with van der Waals surface area (Å²) >= 11 is 7.84. The first kappa shape index (κ1) is 10.4. The summed E-state index contributed by atoms with van der Waals surface area (Å²) in [6.45, 7) is 4.68. The van der Waals surface area contributed by atoms with Crippen LogP contribution in [0.3, 0.4) is 0 Å². The molecule has 0 aliphatic carbocycles. The average Bonchev–Trinajstić information content (AvgIpc) is 2.74. The summed E-state index contributed by atoms with van der Waals surface area (Å²) in [7, 11) is 0. The Morgan fingerprint density at radius 1 is 1.64 bits per heavy atom. The van der Waals surface area contributed by atoms with Gasteiger partial charge in [-0.25, -0.2) is 0 Å². The van der Waals surface area contributed by atoms with Crippen LogP contribution >= 0.6 is 22.9 Å². The fourth-order valence-electron chi connectivity index (χ4n) is 1.85. The van der Waals surface area contributed by atoms with Crippen molar-refractivity contribution in [1.29, 1.82) is 0 Å². The number of halogens is 1. The van der Waals surface area contributed by atoms with Crippen molar-refractivity contribution >= 4 is 22.9 Å². The Kier molecular flexibility index (Phi) is 3.44. The van der Waals surface area contributed by atoms with Crippen LogP contribution in [0.4, 0.5) is 0 Å². The Hall–Kier alpha value is -0.0900. The van der Waals surface area contributed by atoms with Crippen molar-refractivity contribution in [2.75, 3.05) is 19.8 Å². The number of hydrogen-bond acceptors (Lipinski definition) is 3. The number of nitrogens with one attached hydrogen (secondary N) is 1. The lowest BCUT2D eigenvalue weighted by Crippen LogP contribution is -2.33. The summed E-state index contributed by atoms with van der Waals surface area (Å²) in [5.41, 5.74) is 0. The fourth-order valence-corrected chi connectivity index (χ4v) is 3.20. The van der Waals surface area contributed by atoms with Crippen LogP contribution in [0.25, 0.3) is 0 Å². The molecule has 0 aromatic carbocycles. The zero-order chi connectivity index (χ0) is 9.97. The Morgan fingerprint density at radius 3 is 3.14 bits per heavy atom. The van der Waals surface area contributed by atoms with E-state index in [-0.39, 0.29) is 0 Å². The number of rotatable bonds is 3. The molecule has 0 spiro atoms. The van der Waals surface area contributed by atoms with Gasteiger partial charge < -0.3 is 10.1 Å². The third-order valence-corrected chi connectivity index (χ3v) is 4.02. The van der Waals surface area contributed by atoms with E-state index in [1.54, 1.807) is 11.3 Å². The molecule has 0 saturated carbocycles. The highest BCUT2D eigenvalue weighted by Gasteiger charge is 2.30. The molecule has 1 aliphatic rings. The number of thiophene rings is 1. The summed E-state index contributed by atoms with van der Waals surface area (Å²) in [5, 5.41) is 6.36. The highest BCUT2D eigenvalue weighted by atomic mass is 35.5. The first-order valence-electron chi connectivity index (χ1n) is 4.87. The topological polar surface area (TPSA) is 21.3 Å². The van der Waals surface area contributed by atoms with E-state index < -0.39 is 0 Å². The summed E-state index contributed by atoms with van der Waals surface area (Å²) < 4.78 is 5.49. The van der Waals surface area contributed by atoms with Gasteiger partial charge in [0.2, 0.25) is 0 Å². The monoisotopic (exact) mass is 231 g/mol. The third-order valence-electron chi connectivity index (χ3n) is 2.53. The molecule has 1 saturated heterocycles. The molecule has 78 valence electrons. The molecule has 2 unspecified atom stereocenters. The Bertz CT molecular complexity index is 302. The normalized spacial score (nSPS) is 27.0. The van der Waals surface area contributed by atoms with E-state index in [4.69, 9.17) is 16.3 Å². The zero-order valence-electron chi connectivity index (χ0n) is 8.13. The van der Waals surface area contributed by atoms with Gasteiger partial charge in [0.05, 0.1) is 18.2 Å². The second-order valence-electron chi connectivity index (χ2n) is 3.44. The molecule has 2 nitrogen and oxygen atoms in total. The van der Waals surface area contributed by atoms with E-state index in [2.05, 4.69) is 12.2 Å². The van der Waals surface area contributed by atoms with Crippen LogP contribution < -0.4 is 5.32 Å². The molecular weight excluding hydrogens is 218 g/mol. The molecule has 2 heterocycles. The minimum absolute atomic E-state index is 0.427. The number of hydrogen-bond donors (Lipinski definition) is 1. The molecule has 2 rings (SSSR count). The SMILES string of the molecule is CCNC1COCC1c1sccc1Cl. The Balaban J connectivity index is 2.13. The van der Waals surface area contributed by atoms with Crippen LogP contribution in [-0.2, 0) is 4.74 Å². The van der Waals surface area contributed by atoms with Crippen molar-refractivity contribution < 1.29 is 4.74 Å². The highest BCUT2D eigenvalue weighted by Crippen LogP contribution is 2.35. The molecule has 1 aromatic heterocycles. The van der Waals surface area contributed by atoms with Crippen molar-refractivity contribution in [3.8, 4) is 0 Å². The lowest BCUT2D eigenvalue weighted by Gasteiger charge is -2.17. The van der Waals surface area contributed by atoms with Gasteiger partial charge >= 0.3 is 0 Å². The van der Waals surface area contributed by atoms with Crippen LogP contribution in [-0.4, -0.2) is 25.8 Å². The van der Waals surface area contributed by atoms with Gasteiger partial charge in [-0.05, 0) is 18.0 Å². The molecule has 0 radical (unpaired) electrons. The smallest absolute Gasteiger partial charge is 0.0627 e. The second-order valence-corrected chi connectivity index (χ2v) is 4.80. The average molecular weight is 232 g/mol. The maximum absolute atomic E-state index is 6.11. The van der Waals surface area contributed by atoms with Gasteiger partial charge in [-0.3, -0.25) is 0 Å². The van der Waals surface area contributed by atoms with Gasteiger partial charge in [0.25, 0.3) is 0 Å². The molecule has 4 heteroatoms. The van der Waals surface area contributed by atoms with E-state index in [0.29, 0.717) is 12.0 Å². The molecule has 2 atom stereocenters. The molecule has 1 aliphatic heterocycles. The molecular formula is C10H14ClNOS. The highest BCUT2D eigenvalue weighted by molar-refractivity contribution is 7.10. The van der Waals surface area contributed by atoms with Gasteiger partial charge in [0, 0.05) is 16.8 Å². The maximum Gasteiger partial charge on any atom is 0.0627 e. The maximum atomic E-state index is 6.11. The predicted molar refractivity (Wildman–Crippen MR) is 60.4 cm³/mol. The van der Waals surface area contributed by atoms with Gasteiger partial charge in [-0.15, -0.1) is 11.3 Å². The summed E-state index contributed by atoms with van der Waals surface area (Å²) in [5.74, 6) is 0.433. The molecule has 0 bridgehead atoms. The first-order chi connectivity index (χ1) is 6.83. The van der Waals surface area contributed by atoms with Crippen molar-refractivity contribution in [3.63, 3.8) is 0 Å². The molecule has 1 N–H and O–H groups in total. The Morgan fingerprint density at radius 2 is 2.50 bits per heavy atom. The third kappa shape index (κ3) is 1.96. The minimum Gasteiger partial charge on any atom is -0.379 e. The van der Waals surface area contributed by atoms with Crippen LogP contribution in [0.2, 0.25) is 5.02 Å². The van der Waals surface area contributed by atoms with Crippen molar-refractivity contribution in [2.24, 2.45) is 0 Å². The van der Waals surface area contributed by atoms with E-state index in [1.807, 2.05) is 11.4 Å². The van der Waals surface area contributed by atoms with Crippen LogP contribution in [0.15, 0.2) is 11.4 Å². The molecule has 14 heavy (non-hydrogen) atoms. The quantitative estimate of drug-likeness (QED) is 0.863. The van der Waals surface area contributed by atoms with Crippen molar-refractivity contribution in [2.45, 2.75) is 18.9 Å².